The summed E-state index contributed by atoms with van der Waals surface area (Å²) >= 11 is 0. The second-order valence-corrected chi connectivity index (χ2v) is 7.68. The van der Waals surface area contributed by atoms with Crippen molar-refractivity contribution in [3.63, 3.8) is 0 Å². The lowest BCUT2D eigenvalue weighted by atomic mass is 10.2. The van der Waals surface area contributed by atoms with Gasteiger partial charge in [0.1, 0.15) is 17.9 Å². The minimum atomic E-state index is 0.607. The molecule has 1 saturated heterocycles. The molecule has 4 aromatic rings. The Morgan fingerprint density at radius 1 is 1.03 bits per heavy atom. The Kier molecular flexibility index (Phi) is 5.45. The third-order valence-corrected chi connectivity index (χ3v) is 5.67. The van der Waals surface area contributed by atoms with Gasteiger partial charge < -0.3 is 9.64 Å². The van der Waals surface area contributed by atoms with Gasteiger partial charge in [0.2, 0.25) is 0 Å². The van der Waals surface area contributed by atoms with Crippen molar-refractivity contribution in [2.45, 2.75) is 13.0 Å². The van der Waals surface area contributed by atoms with Crippen molar-refractivity contribution in [3.05, 3.63) is 66.7 Å². The summed E-state index contributed by atoms with van der Waals surface area (Å²) in [6, 6.07) is 14.4. The molecule has 1 aliphatic rings. The van der Waals surface area contributed by atoms with Crippen molar-refractivity contribution in [3.8, 4) is 17.0 Å². The number of ether oxygens (including phenoxy) is 1. The molecule has 8 nitrogen and oxygen atoms in total. The van der Waals surface area contributed by atoms with E-state index in [0.717, 1.165) is 62.0 Å². The summed E-state index contributed by atoms with van der Waals surface area (Å²) in [4.78, 5) is 18.1. The molecule has 0 N–H and O–H groups in total. The maximum absolute atomic E-state index is 5.27. The highest BCUT2D eigenvalue weighted by Crippen LogP contribution is 2.24. The van der Waals surface area contributed by atoms with Crippen LogP contribution in [0.5, 0.6) is 5.75 Å². The molecule has 0 bridgehead atoms. The molecular formula is C23H25N7O. The summed E-state index contributed by atoms with van der Waals surface area (Å²) in [6.45, 7) is 4.86. The molecule has 0 aliphatic carbocycles. The van der Waals surface area contributed by atoms with Crippen LogP contribution >= 0.6 is 0 Å². The zero-order valence-electron chi connectivity index (χ0n) is 17.6. The Bertz CT molecular complexity index is 1140. The number of methoxy groups -OCH3 is 1. The minimum absolute atomic E-state index is 0.607. The van der Waals surface area contributed by atoms with Gasteiger partial charge in [0.25, 0.3) is 5.78 Å². The van der Waals surface area contributed by atoms with Crippen LogP contribution in [0.1, 0.15) is 12.0 Å². The number of benzene rings is 1. The smallest absolute Gasteiger partial charge is 0.254 e. The fraction of sp³-hybridized carbons (Fsp3) is 0.304. The van der Waals surface area contributed by atoms with Crippen molar-refractivity contribution in [1.82, 2.24) is 29.5 Å². The average molecular weight is 416 g/mol. The van der Waals surface area contributed by atoms with Crippen LogP contribution in [0.4, 0.5) is 5.82 Å². The van der Waals surface area contributed by atoms with Gasteiger partial charge in [-0.15, -0.1) is 0 Å². The number of fused-ring (bicyclic) bond motifs is 1. The number of nitrogens with zero attached hydrogens (tertiary/aromatic N) is 7. The number of hydrogen-bond donors (Lipinski definition) is 0. The van der Waals surface area contributed by atoms with Crippen molar-refractivity contribution < 1.29 is 4.74 Å². The third-order valence-electron chi connectivity index (χ3n) is 5.67. The highest BCUT2D eigenvalue weighted by Gasteiger charge is 2.19. The minimum Gasteiger partial charge on any atom is -0.497 e. The summed E-state index contributed by atoms with van der Waals surface area (Å²) < 4.78 is 7.10. The summed E-state index contributed by atoms with van der Waals surface area (Å²) in [5.74, 6) is 2.52. The Hall–Kier alpha value is -3.52. The Labute approximate surface area is 181 Å². The third kappa shape index (κ3) is 4.20. The van der Waals surface area contributed by atoms with Crippen LogP contribution < -0.4 is 9.64 Å². The largest absolute Gasteiger partial charge is 0.497 e. The normalized spacial score (nSPS) is 15.2. The van der Waals surface area contributed by atoms with E-state index < -0.39 is 0 Å². The van der Waals surface area contributed by atoms with E-state index in [2.05, 4.69) is 48.0 Å². The van der Waals surface area contributed by atoms with E-state index in [0.29, 0.717) is 5.78 Å². The Balaban J connectivity index is 1.36. The zero-order valence-corrected chi connectivity index (χ0v) is 17.6. The molecule has 158 valence electrons. The molecular weight excluding hydrogens is 390 g/mol. The lowest BCUT2D eigenvalue weighted by Gasteiger charge is -2.24. The van der Waals surface area contributed by atoms with Crippen molar-refractivity contribution >= 4 is 11.6 Å². The van der Waals surface area contributed by atoms with Gasteiger partial charge in [-0.3, -0.25) is 9.88 Å². The zero-order chi connectivity index (χ0) is 21.0. The van der Waals surface area contributed by atoms with E-state index >= 15 is 0 Å². The van der Waals surface area contributed by atoms with Crippen LogP contribution in [0.25, 0.3) is 17.0 Å². The van der Waals surface area contributed by atoms with Gasteiger partial charge in [-0.2, -0.15) is 14.6 Å². The Morgan fingerprint density at radius 3 is 2.74 bits per heavy atom. The standard InChI is InChI=1S/C23H25N7O/c1-31-20-7-5-18(6-8-20)16-28-10-3-11-29(13-12-28)22-14-21(19-4-2-9-24-15-19)27-23-25-17-26-30(22)23/h2,4-9,14-15,17H,3,10-13,16H2,1H3. The van der Waals surface area contributed by atoms with Crippen LogP contribution in [-0.4, -0.2) is 62.8 Å². The highest BCUT2D eigenvalue weighted by molar-refractivity contribution is 5.65. The molecule has 31 heavy (non-hydrogen) atoms. The van der Waals surface area contributed by atoms with Crippen molar-refractivity contribution in [1.29, 1.82) is 0 Å². The van der Waals surface area contributed by atoms with Gasteiger partial charge in [0.05, 0.1) is 12.8 Å². The first-order valence-corrected chi connectivity index (χ1v) is 10.5. The van der Waals surface area contributed by atoms with Gasteiger partial charge >= 0.3 is 0 Å². The molecule has 1 aliphatic heterocycles. The molecule has 0 saturated carbocycles. The molecule has 1 aromatic carbocycles. The first kappa shape index (κ1) is 19.4. The molecule has 1 fully saturated rings. The molecule has 3 aromatic heterocycles. The molecule has 0 radical (unpaired) electrons. The second-order valence-electron chi connectivity index (χ2n) is 7.68. The average Bonchev–Trinajstić information content (AvgIpc) is 3.18. The van der Waals surface area contributed by atoms with E-state index in [4.69, 9.17) is 4.74 Å². The fourth-order valence-corrected chi connectivity index (χ4v) is 4.03. The van der Waals surface area contributed by atoms with E-state index in [1.807, 2.05) is 35.0 Å². The fourth-order valence-electron chi connectivity index (χ4n) is 4.03. The van der Waals surface area contributed by atoms with Crippen LogP contribution in [0.3, 0.4) is 0 Å². The quantitative estimate of drug-likeness (QED) is 0.496. The summed E-state index contributed by atoms with van der Waals surface area (Å²) in [5, 5.41) is 4.42. The molecule has 5 rings (SSSR count). The predicted molar refractivity (Wildman–Crippen MR) is 119 cm³/mol. The van der Waals surface area contributed by atoms with E-state index in [1.165, 1.54) is 5.56 Å². The Morgan fingerprint density at radius 2 is 1.94 bits per heavy atom. The first-order chi connectivity index (χ1) is 15.3. The second kappa shape index (κ2) is 8.69. The number of anilines is 1. The highest BCUT2D eigenvalue weighted by atomic mass is 16.5. The maximum Gasteiger partial charge on any atom is 0.254 e. The number of pyridine rings is 1. The lowest BCUT2D eigenvalue weighted by Crippen LogP contribution is -2.31. The molecule has 0 amide bonds. The lowest BCUT2D eigenvalue weighted by molar-refractivity contribution is 0.285. The predicted octanol–water partition coefficient (Wildman–Crippen LogP) is 2.91. The number of rotatable bonds is 5. The summed E-state index contributed by atoms with van der Waals surface area (Å²) in [6.07, 6.45) is 6.24. The molecule has 8 heteroatoms. The van der Waals surface area contributed by atoms with Crippen LogP contribution in [0.2, 0.25) is 0 Å². The maximum atomic E-state index is 5.27. The molecule has 0 unspecified atom stereocenters. The van der Waals surface area contributed by atoms with Crippen LogP contribution in [-0.2, 0) is 6.54 Å². The molecule has 4 heterocycles. The van der Waals surface area contributed by atoms with Gasteiger partial charge in [0.15, 0.2) is 0 Å². The summed E-state index contributed by atoms with van der Waals surface area (Å²) in [7, 11) is 1.70. The summed E-state index contributed by atoms with van der Waals surface area (Å²) in [5.41, 5.74) is 3.14. The van der Waals surface area contributed by atoms with E-state index in [1.54, 1.807) is 19.6 Å². The van der Waals surface area contributed by atoms with Gasteiger partial charge in [-0.25, -0.2) is 4.98 Å². The van der Waals surface area contributed by atoms with Gasteiger partial charge in [-0.1, -0.05) is 12.1 Å². The topological polar surface area (TPSA) is 71.7 Å². The number of hydrogen-bond acceptors (Lipinski definition) is 7. The SMILES string of the molecule is COc1ccc(CN2CCCN(c3cc(-c4cccnc4)nc4ncnn34)CC2)cc1. The van der Waals surface area contributed by atoms with Gasteiger partial charge in [0, 0.05) is 56.7 Å². The van der Waals surface area contributed by atoms with E-state index in [-0.39, 0.29) is 0 Å². The number of aromatic nitrogens is 5. The monoisotopic (exact) mass is 415 g/mol. The van der Waals surface area contributed by atoms with Crippen LogP contribution in [0, 0.1) is 0 Å². The van der Waals surface area contributed by atoms with Crippen molar-refractivity contribution in [2.75, 3.05) is 38.2 Å². The van der Waals surface area contributed by atoms with Crippen LogP contribution in [0.15, 0.2) is 61.2 Å². The molecule has 0 spiro atoms. The van der Waals surface area contributed by atoms with Gasteiger partial charge in [-0.05, 0) is 36.2 Å². The van der Waals surface area contributed by atoms with Crippen molar-refractivity contribution in [2.24, 2.45) is 0 Å². The first-order valence-electron chi connectivity index (χ1n) is 10.5. The molecule has 0 atom stereocenters. The van der Waals surface area contributed by atoms with E-state index in [9.17, 15) is 0 Å².